The van der Waals surface area contributed by atoms with Gasteiger partial charge in [-0.3, -0.25) is 4.79 Å². The minimum Gasteiger partial charge on any atom is -0.507 e. The molecule has 1 amide bonds. The lowest BCUT2D eigenvalue weighted by molar-refractivity contribution is 0.0948. The summed E-state index contributed by atoms with van der Waals surface area (Å²) in [5.74, 6) is -1.31. The summed E-state index contributed by atoms with van der Waals surface area (Å²) < 4.78 is 12.7. The summed E-state index contributed by atoms with van der Waals surface area (Å²) >= 11 is 1.63. The maximum atomic E-state index is 12.7. The van der Waals surface area contributed by atoms with E-state index >= 15 is 0 Å². The number of hydrogen-bond donors (Lipinski definition) is 2. The standard InChI is InChI=1S/C12H16FNO2S/c1-12(2,17-3)7-14-11(16)9-5-4-8(13)6-10(9)15/h4-6,15H,7H2,1-3H3,(H,14,16). The fraction of sp³-hybridized carbons (Fsp3) is 0.417. The second-order valence-electron chi connectivity index (χ2n) is 4.31. The van der Waals surface area contributed by atoms with Gasteiger partial charge in [0.1, 0.15) is 11.6 Å². The van der Waals surface area contributed by atoms with E-state index in [2.05, 4.69) is 5.32 Å². The second-order valence-corrected chi connectivity index (χ2v) is 5.82. The number of thioether (sulfide) groups is 1. The van der Waals surface area contributed by atoms with Gasteiger partial charge in [0.15, 0.2) is 0 Å². The van der Waals surface area contributed by atoms with E-state index in [1.807, 2.05) is 20.1 Å². The molecular formula is C12H16FNO2S. The van der Waals surface area contributed by atoms with Gasteiger partial charge in [-0.15, -0.1) is 0 Å². The first kappa shape index (κ1) is 13.8. The van der Waals surface area contributed by atoms with Crippen LogP contribution < -0.4 is 5.32 Å². The molecule has 94 valence electrons. The molecule has 17 heavy (non-hydrogen) atoms. The minimum atomic E-state index is -0.566. The van der Waals surface area contributed by atoms with Gasteiger partial charge in [-0.1, -0.05) is 0 Å². The van der Waals surface area contributed by atoms with Crippen LogP contribution in [0.25, 0.3) is 0 Å². The molecule has 0 aliphatic heterocycles. The molecule has 3 nitrogen and oxygen atoms in total. The highest BCUT2D eigenvalue weighted by Crippen LogP contribution is 2.21. The van der Waals surface area contributed by atoms with Crippen molar-refractivity contribution in [3.8, 4) is 5.75 Å². The van der Waals surface area contributed by atoms with Gasteiger partial charge in [-0.05, 0) is 32.2 Å². The van der Waals surface area contributed by atoms with Gasteiger partial charge in [-0.25, -0.2) is 4.39 Å². The number of phenolic OH excluding ortho intramolecular Hbond substituents is 1. The van der Waals surface area contributed by atoms with E-state index in [-0.39, 0.29) is 16.1 Å². The molecular weight excluding hydrogens is 241 g/mol. The molecule has 1 rings (SSSR count). The smallest absolute Gasteiger partial charge is 0.255 e. The van der Waals surface area contributed by atoms with Crippen molar-refractivity contribution in [2.75, 3.05) is 12.8 Å². The number of halogens is 1. The fourth-order valence-corrected chi connectivity index (χ4v) is 1.37. The van der Waals surface area contributed by atoms with Crippen LogP contribution in [0.15, 0.2) is 18.2 Å². The average molecular weight is 257 g/mol. The zero-order valence-corrected chi connectivity index (χ0v) is 10.9. The van der Waals surface area contributed by atoms with Crippen molar-refractivity contribution >= 4 is 17.7 Å². The highest BCUT2D eigenvalue weighted by molar-refractivity contribution is 7.99. The van der Waals surface area contributed by atoms with Crippen LogP contribution in [0.1, 0.15) is 24.2 Å². The van der Waals surface area contributed by atoms with E-state index < -0.39 is 11.7 Å². The topological polar surface area (TPSA) is 49.3 Å². The van der Waals surface area contributed by atoms with Crippen LogP contribution in [0.2, 0.25) is 0 Å². The van der Waals surface area contributed by atoms with E-state index in [1.165, 1.54) is 6.07 Å². The monoisotopic (exact) mass is 257 g/mol. The third-order valence-electron chi connectivity index (χ3n) is 2.43. The number of amides is 1. The lowest BCUT2D eigenvalue weighted by Gasteiger charge is -2.22. The van der Waals surface area contributed by atoms with Gasteiger partial charge in [0, 0.05) is 17.4 Å². The van der Waals surface area contributed by atoms with Crippen molar-refractivity contribution in [3.63, 3.8) is 0 Å². The van der Waals surface area contributed by atoms with Crippen LogP contribution in [0.5, 0.6) is 5.75 Å². The number of benzene rings is 1. The number of hydrogen-bond acceptors (Lipinski definition) is 3. The predicted molar refractivity (Wildman–Crippen MR) is 68.0 cm³/mol. The Morgan fingerprint density at radius 3 is 2.71 bits per heavy atom. The highest BCUT2D eigenvalue weighted by atomic mass is 32.2. The van der Waals surface area contributed by atoms with E-state index in [4.69, 9.17) is 0 Å². The van der Waals surface area contributed by atoms with Crippen molar-refractivity contribution in [3.05, 3.63) is 29.6 Å². The molecule has 0 aliphatic rings. The maximum Gasteiger partial charge on any atom is 0.255 e. The van der Waals surface area contributed by atoms with E-state index in [9.17, 15) is 14.3 Å². The number of phenols is 1. The zero-order chi connectivity index (χ0) is 13.1. The summed E-state index contributed by atoms with van der Waals surface area (Å²) in [5, 5.41) is 12.2. The molecule has 0 unspecified atom stereocenters. The maximum absolute atomic E-state index is 12.7. The summed E-state index contributed by atoms with van der Waals surface area (Å²) in [5.41, 5.74) is 0.0864. The van der Waals surface area contributed by atoms with Crippen molar-refractivity contribution in [1.82, 2.24) is 5.32 Å². The number of carbonyl (C=O) groups is 1. The zero-order valence-electron chi connectivity index (χ0n) is 10.1. The predicted octanol–water partition coefficient (Wildman–Crippen LogP) is 2.40. The first-order chi connectivity index (χ1) is 7.85. The Kier molecular flexibility index (Phi) is 4.40. The molecule has 2 N–H and O–H groups in total. The van der Waals surface area contributed by atoms with Gasteiger partial charge >= 0.3 is 0 Å². The van der Waals surface area contributed by atoms with Crippen molar-refractivity contribution in [2.24, 2.45) is 0 Å². The Bertz CT molecular complexity index is 421. The van der Waals surface area contributed by atoms with Crippen LogP contribution >= 0.6 is 11.8 Å². The molecule has 0 aromatic heterocycles. The Balaban J connectivity index is 2.71. The van der Waals surface area contributed by atoms with Gasteiger partial charge in [0.05, 0.1) is 5.56 Å². The Hall–Kier alpha value is -1.23. The molecule has 0 aliphatic carbocycles. The third-order valence-corrected chi connectivity index (χ3v) is 3.68. The lowest BCUT2D eigenvalue weighted by atomic mass is 10.1. The molecule has 5 heteroatoms. The first-order valence-corrected chi connectivity index (χ1v) is 6.40. The van der Waals surface area contributed by atoms with Crippen molar-refractivity contribution < 1.29 is 14.3 Å². The second kappa shape index (κ2) is 5.40. The highest BCUT2D eigenvalue weighted by Gasteiger charge is 2.18. The first-order valence-electron chi connectivity index (χ1n) is 5.17. The molecule has 0 heterocycles. The van der Waals surface area contributed by atoms with Gasteiger partial charge in [-0.2, -0.15) is 11.8 Å². The number of nitrogens with one attached hydrogen (secondary N) is 1. The number of rotatable bonds is 4. The normalized spacial score (nSPS) is 11.3. The molecule has 0 saturated carbocycles. The summed E-state index contributed by atoms with van der Waals surface area (Å²) in [6, 6.07) is 3.34. The molecule has 0 radical (unpaired) electrons. The molecule has 0 atom stereocenters. The van der Waals surface area contributed by atoms with Crippen LogP contribution in [-0.4, -0.2) is 28.6 Å². The minimum absolute atomic E-state index is 0.0781. The molecule has 0 fully saturated rings. The largest absolute Gasteiger partial charge is 0.507 e. The summed E-state index contributed by atoms with van der Waals surface area (Å²) in [6.45, 7) is 4.48. The van der Waals surface area contributed by atoms with Crippen molar-refractivity contribution in [1.29, 1.82) is 0 Å². The van der Waals surface area contributed by atoms with Gasteiger partial charge in [0.2, 0.25) is 0 Å². The lowest BCUT2D eigenvalue weighted by Crippen LogP contribution is -2.36. The van der Waals surface area contributed by atoms with E-state index in [0.29, 0.717) is 6.54 Å². The number of carbonyl (C=O) groups excluding carboxylic acids is 1. The SMILES string of the molecule is CSC(C)(C)CNC(=O)c1ccc(F)cc1O. The average Bonchev–Trinajstić information content (AvgIpc) is 2.26. The Morgan fingerprint density at radius 2 is 2.18 bits per heavy atom. The molecule has 1 aromatic carbocycles. The number of aromatic hydroxyl groups is 1. The molecule has 0 spiro atoms. The molecule has 1 aromatic rings. The van der Waals surface area contributed by atoms with Crippen LogP contribution in [0.4, 0.5) is 4.39 Å². The summed E-state index contributed by atoms with van der Waals surface area (Å²) in [6.07, 6.45) is 1.96. The van der Waals surface area contributed by atoms with Gasteiger partial charge < -0.3 is 10.4 Å². The fourth-order valence-electron chi connectivity index (χ4n) is 1.16. The van der Waals surface area contributed by atoms with Crippen LogP contribution in [0.3, 0.4) is 0 Å². The van der Waals surface area contributed by atoms with Crippen LogP contribution in [0, 0.1) is 5.82 Å². The van der Waals surface area contributed by atoms with Gasteiger partial charge in [0.25, 0.3) is 5.91 Å². The van der Waals surface area contributed by atoms with E-state index in [0.717, 1.165) is 12.1 Å². The van der Waals surface area contributed by atoms with E-state index in [1.54, 1.807) is 11.8 Å². The quantitative estimate of drug-likeness (QED) is 0.870. The Labute approximate surface area is 104 Å². The summed E-state index contributed by atoms with van der Waals surface area (Å²) in [7, 11) is 0. The van der Waals surface area contributed by atoms with Crippen molar-refractivity contribution in [2.45, 2.75) is 18.6 Å². The molecule has 0 saturated heterocycles. The molecule has 0 bridgehead atoms. The third kappa shape index (κ3) is 3.93. The Morgan fingerprint density at radius 1 is 1.53 bits per heavy atom. The summed E-state index contributed by atoms with van der Waals surface area (Å²) in [4.78, 5) is 11.7. The van der Waals surface area contributed by atoms with Crippen LogP contribution in [-0.2, 0) is 0 Å².